The Balaban J connectivity index is 2.43. The lowest BCUT2D eigenvalue weighted by Crippen LogP contribution is -2.11. The minimum atomic E-state index is -0.979. The number of Topliss-reactive ketones (excluding diaryl/α,β-unsaturated/α-hetero) is 1. The zero-order valence-electron chi connectivity index (χ0n) is 10.4. The van der Waals surface area contributed by atoms with Crippen molar-refractivity contribution in [3.05, 3.63) is 50.1 Å². The van der Waals surface area contributed by atoms with E-state index in [0.717, 1.165) is 0 Å². The van der Waals surface area contributed by atoms with Gasteiger partial charge in [0.1, 0.15) is 16.5 Å². The molecule has 20 heavy (non-hydrogen) atoms. The van der Waals surface area contributed by atoms with Gasteiger partial charge in [0, 0.05) is 10.0 Å². The number of hydrogen-bond donors (Lipinski definition) is 0. The summed E-state index contributed by atoms with van der Waals surface area (Å²) < 4.78 is 5.11. The number of halogens is 2. The van der Waals surface area contributed by atoms with E-state index in [2.05, 4.69) is 0 Å². The molecule has 6 heteroatoms. The van der Waals surface area contributed by atoms with Crippen LogP contribution in [0.3, 0.4) is 0 Å². The zero-order chi connectivity index (χ0) is 14.7. The Kier molecular flexibility index (Phi) is 4.66. The van der Waals surface area contributed by atoms with Crippen LogP contribution in [0.5, 0.6) is 5.75 Å². The van der Waals surface area contributed by atoms with Gasteiger partial charge in [0.05, 0.1) is 13.2 Å². The van der Waals surface area contributed by atoms with Crippen LogP contribution in [0.2, 0.25) is 10.0 Å². The molecule has 1 unspecified atom stereocenters. The molecular formula is C14H9Cl2NO2S. The zero-order valence-corrected chi connectivity index (χ0v) is 12.7. The molecule has 0 saturated heterocycles. The van der Waals surface area contributed by atoms with Crippen LogP contribution in [-0.4, -0.2) is 12.9 Å². The van der Waals surface area contributed by atoms with Gasteiger partial charge < -0.3 is 4.74 Å². The van der Waals surface area contributed by atoms with Crippen LogP contribution in [-0.2, 0) is 0 Å². The minimum Gasteiger partial charge on any atom is -0.495 e. The van der Waals surface area contributed by atoms with Gasteiger partial charge in [-0.2, -0.15) is 5.26 Å². The van der Waals surface area contributed by atoms with Crippen molar-refractivity contribution in [2.24, 2.45) is 0 Å². The molecule has 2 aromatic rings. The summed E-state index contributed by atoms with van der Waals surface area (Å²) in [6.45, 7) is 0. The summed E-state index contributed by atoms with van der Waals surface area (Å²) in [5.74, 6) is -0.846. The summed E-state index contributed by atoms with van der Waals surface area (Å²) >= 11 is 13.1. The van der Waals surface area contributed by atoms with Crippen LogP contribution >= 0.6 is 34.5 Å². The molecule has 102 valence electrons. The molecule has 1 heterocycles. The van der Waals surface area contributed by atoms with Gasteiger partial charge in [0.25, 0.3) is 0 Å². The van der Waals surface area contributed by atoms with Gasteiger partial charge in [0.2, 0.25) is 0 Å². The smallest absolute Gasteiger partial charge is 0.198 e. The average molecular weight is 326 g/mol. The second-order valence-electron chi connectivity index (χ2n) is 3.91. The predicted molar refractivity (Wildman–Crippen MR) is 80.0 cm³/mol. The Morgan fingerprint density at radius 1 is 1.40 bits per heavy atom. The van der Waals surface area contributed by atoms with E-state index in [-0.39, 0.29) is 5.78 Å². The largest absolute Gasteiger partial charge is 0.495 e. The molecule has 0 saturated carbocycles. The third-order valence-corrected chi connectivity index (χ3v) is 4.21. The lowest BCUT2D eigenvalue weighted by atomic mass is 9.95. The van der Waals surface area contributed by atoms with Gasteiger partial charge in [-0.05, 0) is 29.1 Å². The number of rotatable bonds is 4. The maximum atomic E-state index is 12.5. The highest BCUT2D eigenvalue weighted by Crippen LogP contribution is 2.34. The van der Waals surface area contributed by atoms with Gasteiger partial charge in [-0.15, -0.1) is 11.3 Å². The fourth-order valence-electron chi connectivity index (χ4n) is 1.77. The third kappa shape index (κ3) is 2.80. The molecule has 0 aliphatic rings. The number of nitriles is 1. The highest BCUT2D eigenvalue weighted by Gasteiger charge is 2.27. The molecule has 2 rings (SSSR count). The van der Waals surface area contributed by atoms with Crippen LogP contribution in [0.25, 0.3) is 0 Å². The summed E-state index contributed by atoms with van der Waals surface area (Å²) in [4.78, 5) is 12.9. The Labute approximate surface area is 130 Å². The van der Waals surface area contributed by atoms with Gasteiger partial charge >= 0.3 is 0 Å². The van der Waals surface area contributed by atoms with Crippen LogP contribution in [0, 0.1) is 11.3 Å². The van der Waals surface area contributed by atoms with Gasteiger partial charge in [-0.25, -0.2) is 0 Å². The molecule has 1 aromatic carbocycles. The number of nitrogens with zero attached hydrogens (tertiary/aromatic N) is 1. The van der Waals surface area contributed by atoms with Crippen molar-refractivity contribution in [3.63, 3.8) is 0 Å². The standard InChI is InChI=1S/C14H9Cl2NO2S/c1-19-12-4-5-20-14(12)13(18)10(7-17)9-3-2-8(15)6-11(9)16/h2-6,10H,1H3. The molecule has 0 aliphatic heterocycles. The summed E-state index contributed by atoms with van der Waals surface area (Å²) in [5.41, 5.74) is 0.444. The van der Waals surface area contributed by atoms with Gasteiger partial charge in [-0.1, -0.05) is 29.3 Å². The predicted octanol–water partition coefficient (Wildman–Crippen LogP) is 4.55. The van der Waals surface area contributed by atoms with Crippen molar-refractivity contribution in [2.45, 2.75) is 5.92 Å². The summed E-state index contributed by atoms with van der Waals surface area (Å²) in [5, 5.41) is 11.8. The number of hydrogen-bond acceptors (Lipinski definition) is 4. The highest BCUT2D eigenvalue weighted by atomic mass is 35.5. The topological polar surface area (TPSA) is 50.1 Å². The monoisotopic (exact) mass is 325 g/mol. The lowest BCUT2D eigenvalue weighted by Gasteiger charge is -2.10. The molecule has 0 aliphatic carbocycles. The van der Waals surface area contributed by atoms with E-state index >= 15 is 0 Å². The molecular weight excluding hydrogens is 317 g/mol. The lowest BCUT2D eigenvalue weighted by molar-refractivity contribution is 0.0980. The van der Waals surface area contributed by atoms with Crippen molar-refractivity contribution in [3.8, 4) is 11.8 Å². The normalized spacial score (nSPS) is 11.7. The second kappa shape index (κ2) is 6.27. The van der Waals surface area contributed by atoms with Crippen LogP contribution in [0.15, 0.2) is 29.6 Å². The number of thiophene rings is 1. The first-order valence-electron chi connectivity index (χ1n) is 5.58. The van der Waals surface area contributed by atoms with E-state index in [4.69, 9.17) is 27.9 Å². The summed E-state index contributed by atoms with van der Waals surface area (Å²) in [6.07, 6.45) is 0. The van der Waals surface area contributed by atoms with Gasteiger partial charge in [0.15, 0.2) is 5.78 Å². The number of benzene rings is 1. The van der Waals surface area contributed by atoms with Crippen LogP contribution in [0.1, 0.15) is 21.2 Å². The average Bonchev–Trinajstić information content (AvgIpc) is 2.90. The van der Waals surface area contributed by atoms with E-state index in [1.807, 2.05) is 6.07 Å². The number of ether oxygens (including phenoxy) is 1. The molecule has 3 nitrogen and oxygen atoms in total. The molecule has 0 radical (unpaired) electrons. The molecule has 0 N–H and O–H groups in total. The quantitative estimate of drug-likeness (QED) is 0.774. The fraction of sp³-hybridized carbons (Fsp3) is 0.143. The van der Waals surface area contributed by atoms with E-state index in [0.29, 0.717) is 26.2 Å². The van der Waals surface area contributed by atoms with Crippen molar-refractivity contribution < 1.29 is 9.53 Å². The second-order valence-corrected chi connectivity index (χ2v) is 5.67. The third-order valence-electron chi connectivity index (χ3n) is 2.74. The van der Waals surface area contributed by atoms with Crippen LogP contribution in [0.4, 0.5) is 0 Å². The molecule has 1 aromatic heterocycles. The van der Waals surface area contributed by atoms with Crippen molar-refractivity contribution in [2.75, 3.05) is 7.11 Å². The number of carbonyl (C=O) groups excluding carboxylic acids is 1. The Bertz CT molecular complexity index is 691. The number of ketones is 1. The van der Waals surface area contributed by atoms with Crippen LogP contribution < -0.4 is 4.74 Å². The van der Waals surface area contributed by atoms with E-state index in [1.165, 1.54) is 24.5 Å². The first-order chi connectivity index (χ1) is 9.58. The highest BCUT2D eigenvalue weighted by molar-refractivity contribution is 7.12. The Morgan fingerprint density at radius 2 is 2.15 bits per heavy atom. The molecule has 0 amide bonds. The maximum absolute atomic E-state index is 12.5. The molecule has 1 atom stereocenters. The van der Waals surface area contributed by atoms with E-state index in [9.17, 15) is 10.1 Å². The maximum Gasteiger partial charge on any atom is 0.198 e. The van der Waals surface area contributed by atoms with Crippen molar-refractivity contribution >= 4 is 40.3 Å². The van der Waals surface area contributed by atoms with Crippen molar-refractivity contribution in [1.82, 2.24) is 0 Å². The Morgan fingerprint density at radius 3 is 2.75 bits per heavy atom. The molecule has 0 spiro atoms. The van der Waals surface area contributed by atoms with E-state index < -0.39 is 5.92 Å². The van der Waals surface area contributed by atoms with Gasteiger partial charge in [-0.3, -0.25) is 4.79 Å². The van der Waals surface area contributed by atoms with Crippen molar-refractivity contribution in [1.29, 1.82) is 5.26 Å². The SMILES string of the molecule is COc1ccsc1C(=O)C(C#N)c1ccc(Cl)cc1Cl. The summed E-state index contributed by atoms with van der Waals surface area (Å²) in [7, 11) is 1.48. The minimum absolute atomic E-state index is 0.299. The molecule has 0 bridgehead atoms. The Hall–Kier alpha value is -1.54. The number of carbonyl (C=O) groups is 1. The first kappa shape index (κ1) is 14.9. The first-order valence-corrected chi connectivity index (χ1v) is 7.22. The fourth-order valence-corrected chi connectivity index (χ4v) is 3.12. The number of methoxy groups -OCH3 is 1. The molecule has 0 fully saturated rings. The van der Waals surface area contributed by atoms with E-state index in [1.54, 1.807) is 23.6 Å². The summed E-state index contributed by atoms with van der Waals surface area (Å²) in [6, 6.07) is 8.39.